The van der Waals surface area contributed by atoms with Gasteiger partial charge in [0.15, 0.2) is 0 Å². The largest absolute Gasteiger partial charge is 0.383 e. The third kappa shape index (κ3) is 3.41. The molecule has 6 nitrogen and oxygen atoms in total. The first-order chi connectivity index (χ1) is 9.20. The van der Waals surface area contributed by atoms with Crippen molar-refractivity contribution in [3.05, 3.63) is 52.5 Å². The van der Waals surface area contributed by atoms with Gasteiger partial charge < -0.3 is 5.32 Å². The normalized spacial score (nSPS) is 10.2. The van der Waals surface area contributed by atoms with Crippen LogP contribution in [0.2, 0.25) is 0 Å². The molecular weight excluding hydrogens is 264 g/mol. The molecule has 1 N–H and O–H groups in total. The van der Waals surface area contributed by atoms with Crippen molar-refractivity contribution in [3.63, 3.8) is 0 Å². The van der Waals surface area contributed by atoms with Crippen LogP contribution in [0, 0.1) is 10.1 Å². The predicted octanol–water partition coefficient (Wildman–Crippen LogP) is 2.72. The van der Waals surface area contributed by atoms with Crippen molar-refractivity contribution in [3.8, 4) is 0 Å². The summed E-state index contributed by atoms with van der Waals surface area (Å²) in [6.45, 7) is 0. The van der Waals surface area contributed by atoms with Crippen molar-refractivity contribution in [1.29, 1.82) is 0 Å². The molecule has 0 radical (unpaired) electrons. The van der Waals surface area contributed by atoms with Crippen LogP contribution in [0.25, 0.3) is 0 Å². The summed E-state index contributed by atoms with van der Waals surface area (Å²) in [5.41, 5.74) is 1.60. The molecule has 98 valence electrons. The van der Waals surface area contributed by atoms with Crippen LogP contribution in [0.4, 0.5) is 11.4 Å². The monoisotopic (exact) mass is 276 g/mol. The molecule has 0 aliphatic carbocycles. The molecule has 0 spiro atoms. The number of anilines is 1. The molecule has 0 saturated carbocycles. The standard InChI is InChI=1S/C12H12N4O2S/c1-13-10-6-9(2-3-11(10)16(17)18)7-19-12-4-5-14-8-15-12/h2-6,8,13H,7H2,1H3. The van der Waals surface area contributed by atoms with Gasteiger partial charge in [-0.1, -0.05) is 6.07 Å². The van der Waals surface area contributed by atoms with E-state index in [-0.39, 0.29) is 5.69 Å². The first kappa shape index (κ1) is 13.3. The van der Waals surface area contributed by atoms with E-state index in [4.69, 9.17) is 0 Å². The lowest BCUT2D eigenvalue weighted by atomic mass is 10.2. The summed E-state index contributed by atoms with van der Waals surface area (Å²) in [5.74, 6) is 0.698. The van der Waals surface area contributed by atoms with Gasteiger partial charge in [-0.15, -0.1) is 11.8 Å². The van der Waals surface area contributed by atoms with E-state index in [1.807, 2.05) is 6.07 Å². The lowest BCUT2D eigenvalue weighted by Gasteiger charge is -2.05. The van der Waals surface area contributed by atoms with Gasteiger partial charge in [0.1, 0.15) is 12.0 Å². The first-order valence-corrected chi connectivity index (χ1v) is 6.53. The number of hydrogen-bond donors (Lipinski definition) is 1. The van der Waals surface area contributed by atoms with E-state index in [1.165, 1.54) is 12.4 Å². The summed E-state index contributed by atoms with van der Waals surface area (Å²) in [5, 5.41) is 14.5. The van der Waals surface area contributed by atoms with Crippen LogP contribution < -0.4 is 5.32 Å². The van der Waals surface area contributed by atoms with Gasteiger partial charge in [-0.05, 0) is 17.7 Å². The van der Waals surface area contributed by atoms with E-state index in [1.54, 1.807) is 37.1 Å². The van der Waals surface area contributed by atoms with Gasteiger partial charge in [0.25, 0.3) is 5.69 Å². The number of aromatic nitrogens is 2. The number of hydrogen-bond acceptors (Lipinski definition) is 6. The average molecular weight is 276 g/mol. The van der Waals surface area contributed by atoms with Crippen molar-refractivity contribution in [2.45, 2.75) is 10.8 Å². The van der Waals surface area contributed by atoms with E-state index in [0.29, 0.717) is 11.4 Å². The van der Waals surface area contributed by atoms with Gasteiger partial charge in [0, 0.05) is 25.1 Å². The third-order valence-corrected chi connectivity index (χ3v) is 3.48. The van der Waals surface area contributed by atoms with Gasteiger partial charge in [-0.25, -0.2) is 9.97 Å². The van der Waals surface area contributed by atoms with Crippen LogP contribution in [-0.4, -0.2) is 21.9 Å². The van der Waals surface area contributed by atoms with Crippen LogP contribution in [0.15, 0.2) is 41.8 Å². The van der Waals surface area contributed by atoms with Crippen molar-refractivity contribution in [1.82, 2.24) is 9.97 Å². The molecule has 0 fully saturated rings. The minimum absolute atomic E-state index is 0.0817. The fourth-order valence-electron chi connectivity index (χ4n) is 1.55. The average Bonchev–Trinajstić information content (AvgIpc) is 2.45. The fourth-order valence-corrected chi connectivity index (χ4v) is 2.33. The van der Waals surface area contributed by atoms with Crippen molar-refractivity contribution in [2.75, 3.05) is 12.4 Å². The maximum Gasteiger partial charge on any atom is 0.292 e. The molecule has 2 rings (SSSR count). The summed E-state index contributed by atoms with van der Waals surface area (Å²) in [4.78, 5) is 18.4. The Morgan fingerprint density at radius 2 is 2.26 bits per heavy atom. The Labute approximate surface area is 114 Å². The molecule has 1 heterocycles. The molecule has 1 aromatic carbocycles. The molecular formula is C12H12N4O2S. The van der Waals surface area contributed by atoms with Gasteiger partial charge in [-0.3, -0.25) is 10.1 Å². The summed E-state index contributed by atoms with van der Waals surface area (Å²) in [6, 6.07) is 6.89. The van der Waals surface area contributed by atoms with E-state index in [9.17, 15) is 10.1 Å². The quantitative estimate of drug-likeness (QED) is 0.391. The van der Waals surface area contributed by atoms with Crippen molar-refractivity contribution in [2.24, 2.45) is 0 Å². The molecule has 0 unspecified atom stereocenters. The Kier molecular flexibility index (Phi) is 4.30. The minimum atomic E-state index is -0.396. The van der Waals surface area contributed by atoms with Gasteiger partial charge in [0.2, 0.25) is 0 Å². The van der Waals surface area contributed by atoms with Crippen LogP contribution >= 0.6 is 11.8 Å². The summed E-state index contributed by atoms with van der Waals surface area (Å²) in [7, 11) is 1.67. The van der Waals surface area contributed by atoms with E-state index >= 15 is 0 Å². The zero-order valence-corrected chi connectivity index (χ0v) is 11.1. The number of nitrogens with one attached hydrogen (secondary N) is 1. The smallest absolute Gasteiger partial charge is 0.292 e. The number of benzene rings is 1. The lowest BCUT2D eigenvalue weighted by molar-refractivity contribution is -0.383. The summed E-state index contributed by atoms with van der Waals surface area (Å²) in [6.07, 6.45) is 3.18. The second kappa shape index (κ2) is 6.14. The van der Waals surface area contributed by atoms with Gasteiger partial charge in [0.05, 0.1) is 9.95 Å². The highest BCUT2D eigenvalue weighted by molar-refractivity contribution is 7.98. The molecule has 0 aliphatic rings. The zero-order chi connectivity index (χ0) is 13.7. The number of nitro benzene ring substituents is 1. The highest BCUT2D eigenvalue weighted by atomic mass is 32.2. The topological polar surface area (TPSA) is 81.0 Å². The molecule has 0 atom stereocenters. The fraction of sp³-hybridized carbons (Fsp3) is 0.167. The maximum atomic E-state index is 10.8. The highest BCUT2D eigenvalue weighted by Gasteiger charge is 2.12. The Morgan fingerprint density at radius 3 is 2.89 bits per heavy atom. The van der Waals surface area contributed by atoms with E-state index < -0.39 is 4.92 Å². The van der Waals surface area contributed by atoms with Gasteiger partial charge >= 0.3 is 0 Å². The first-order valence-electron chi connectivity index (χ1n) is 5.54. The zero-order valence-electron chi connectivity index (χ0n) is 10.2. The SMILES string of the molecule is CNc1cc(CSc2ccncn2)ccc1[N+](=O)[O-]. The second-order valence-electron chi connectivity index (χ2n) is 3.69. The Bertz CT molecular complexity index is 577. The number of rotatable bonds is 5. The third-order valence-electron chi connectivity index (χ3n) is 2.47. The summed E-state index contributed by atoms with van der Waals surface area (Å²) >= 11 is 1.56. The van der Waals surface area contributed by atoms with Crippen molar-refractivity contribution < 1.29 is 4.92 Å². The van der Waals surface area contributed by atoms with E-state index in [0.717, 1.165) is 10.6 Å². The Hall–Kier alpha value is -2.15. The number of nitrogens with zero attached hydrogens (tertiary/aromatic N) is 3. The molecule has 0 amide bonds. The predicted molar refractivity (Wildman–Crippen MR) is 74.2 cm³/mol. The molecule has 0 aliphatic heterocycles. The highest BCUT2D eigenvalue weighted by Crippen LogP contribution is 2.28. The molecule has 0 bridgehead atoms. The molecule has 19 heavy (non-hydrogen) atoms. The van der Waals surface area contributed by atoms with Crippen LogP contribution in [0.3, 0.4) is 0 Å². The van der Waals surface area contributed by atoms with Crippen molar-refractivity contribution >= 4 is 23.1 Å². The molecule has 2 aromatic rings. The van der Waals surface area contributed by atoms with Crippen LogP contribution in [-0.2, 0) is 5.75 Å². The number of nitro groups is 1. The second-order valence-corrected chi connectivity index (χ2v) is 4.69. The number of thioether (sulfide) groups is 1. The van der Waals surface area contributed by atoms with Crippen LogP contribution in [0.5, 0.6) is 0 Å². The maximum absolute atomic E-state index is 10.8. The summed E-state index contributed by atoms with van der Waals surface area (Å²) < 4.78 is 0. The Morgan fingerprint density at radius 1 is 1.42 bits per heavy atom. The lowest BCUT2D eigenvalue weighted by Crippen LogP contribution is -1.97. The molecule has 7 heteroatoms. The Balaban J connectivity index is 2.11. The minimum Gasteiger partial charge on any atom is -0.383 e. The van der Waals surface area contributed by atoms with E-state index in [2.05, 4.69) is 15.3 Å². The molecule has 1 aromatic heterocycles. The molecule has 0 saturated heterocycles. The van der Waals surface area contributed by atoms with Crippen LogP contribution in [0.1, 0.15) is 5.56 Å². The van der Waals surface area contributed by atoms with Gasteiger partial charge in [-0.2, -0.15) is 0 Å².